The van der Waals surface area contributed by atoms with Gasteiger partial charge < -0.3 is 4.74 Å². The highest BCUT2D eigenvalue weighted by Gasteiger charge is 2.13. The van der Waals surface area contributed by atoms with Crippen LogP contribution >= 0.6 is 25.3 Å². The highest BCUT2D eigenvalue weighted by atomic mass is 32.2. The molecule has 14 heavy (non-hydrogen) atoms. The lowest BCUT2D eigenvalue weighted by molar-refractivity contribution is -0.135. The second-order valence-corrected chi connectivity index (χ2v) is 4.50. The van der Waals surface area contributed by atoms with Crippen LogP contribution in [0.1, 0.15) is 13.3 Å². The molecule has 0 aromatic heterocycles. The Balaban J connectivity index is 4.29. The Morgan fingerprint density at radius 1 is 1.50 bits per heavy atom. The predicted molar refractivity (Wildman–Crippen MR) is 61.8 cm³/mol. The van der Waals surface area contributed by atoms with Crippen molar-refractivity contribution in [1.29, 1.82) is 0 Å². The van der Waals surface area contributed by atoms with Gasteiger partial charge in [0, 0.05) is 11.0 Å². The van der Waals surface area contributed by atoms with E-state index in [2.05, 4.69) is 25.3 Å². The van der Waals surface area contributed by atoms with Gasteiger partial charge in [-0.3, -0.25) is 0 Å². The van der Waals surface area contributed by atoms with E-state index >= 15 is 0 Å². The first-order valence-corrected chi connectivity index (χ1v) is 6.16. The fourth-order valence-corrected chi connectivity index (χ4v) is 1.25. The van der Waals surface area contributed by atoms with Crippen LogP contribution in [0.5, 0.6) is 0 Å². The summed E-state index contributed by atoms with van der Waals surface area (Å²) >= 11 is 7.97. The summed E-state index contributed by atoms with van der Waals surface area (Å²) in [5.41, 5.74) is 0. The molecule has 0 amide bonds. The van der Waals surface area contributed by atoms with Crippen LogP contribution in [0.3, 0.4) is 0 Å². The van der Waals surface area contributed by atoms with E-state index in [9.17, 15) is 13.2 Å². The lowest BCUT2D eigenvalue weighted by Gasteiger charge is -2.07. The summed E-state index contributed by atoms with van der Waals surface area (Å²) in [6.07, 6.45) is 0.132. The van der Waals surface area contributed by atoms with Crippen molar-refractivity contribution >= 4 is 46.4 Å². The molecular weight excluding hydrogens is 244 g/mol. The van der Waals surface area contributed by atoms with E-state index in [1.165, 1.54) is 0 Å². The van der Waals surface area contributed by atoms with E-state index in [0.29, 0.717) is 5.75 Å². The van der Waals surface area contributed by atoms with Crippen LogP contribution in [0.25, 0.3) is 0 Å². The van der Waals surface area contributed by atoms with Crippen LogP contribution in [0.15, 0.2) is 0 Å². The fraction of sp³-hybridized carbons (Fsp3) is 0.714. The first-order valence-electron chi connectivity index (χ1n) is 3.94. The highest BCUT2D eigenvalue weighted by Crippen LogP contribution is 1.99. The van der Waals surface area contributed by atoms with Gasteiger partial charge >= 0.3 is 5.97 Å². The largest absolute Gasteiger partial charge is 0.460 e. The summed E-state index contributed by atoms with van der Waals surface area (Å²) in [7, 11) is -2.50. The van der Waals surface area contributed by atoms with Gasteiger partial charge in [0.05, 0.1) is 0 Å². The number of thiol groups is 2. The highest BCUT2D eigenvalue weighted by molar-refractivity contribution is 7.84. The Hall–Kier alpha value is -0.140. The third-order valence-corrected chi connectivity index (χ3v) is 3.29. The standard InChI is InChI=1S/C7H12O4S3/c1-2-6(14(9)10)7(8)11-3-5(13)4-12/h5,12-13H,2-4H2,1H3. The van der Waals surface area contributed by atoms with Gasteiger partial charge in [-0.25, -0.2) is 4.79 Å². The summed E-state index contributed by atoms with van der Waals surface area (Å²) in [5, 5.41) is -0.180. The zero-order chi connectivity index (χ0) is 11.1. The van der Waals surface area contributed by atoms with E-state index in [1.54, 1.807) is 6.92 Å². The molecule has 0 fully saturated rings. The van der Waals surface area contributed by atoms with Crippen molar-refractivity contribution in [3.63, 3.8) is 0 Å². The molecule has 0 rings (SSSR count). The number of rotatable bonds is 5. The number of esters is 1. The minimum Gasteiger partial charge on any atom is -0.460 e. The van der Waals surface area contributed by atoms with Gasteiger partial charge in [-0.1, -0.05) is 6.92 Å². The normalized spacial score (nSPS) is 11.9. The quantitative estimate of drug-likeness (QED) is 0.420. The number of hydrogen-bond donors (Lipinski definition) is 2. The van der Waals surface area contributed by atoms with E-state index in [1.807, 2.05) is 0 Å². The fourth-order valence-electron chi connectivity index (χ4n) is 0.635. The lowest BCUT2D eigenvalue weighted by atomic mass is 10.3. The van der Waals surface area contributed by atoms with Crippen molar-refractivity contribution in [3.8, 4) is 0 Å². The molecule has 0 aliphatic rings. The molecule has 0 saturated carbocycles. The molecule has 82 valence electrons. The summed E-state index contributed by atoms with van der Waals surface area (Å²) < 4.78 is 25.7. The minimum atomic E-state index is -2.50. The van der Waals surface area contributed by atoms with Crippen molar-refractivity contribution in [2.75, 3.05) is 12.4 Å². The Bertz CT molecular complexity index is 312. The molecule has 0 heterocycles. The third kappa shape index (κ3) is 4.92. The van der Waals surface area contributed by atoms with E-state index in [0.717, 1.165) is 0 Å². The zero-order valence-corrected chi connectivity index (χ0v) is 10.2. The molecule has 0 saturated heterocycles. The van der Waals surface area contributed by atoms with Gasteiger partial charge in [-0.2, -0.15) is 33.7 Å². The molecule has 1 atom stereocenters. The van der Waals surface area contributed by atoms with E-state index < -0.39 is 16.3 Å². The molecule has 0 aromatic carbocycles. The SMILES string of the molecule is CCC(C(=O)OCC(S)CS)=S(=O)=O. The van der Waals surface area contributed by atoms with Gasteiger partial charge in [0.25, 0.3) is 0 Å². The summed E-state index contributed by atoms with van der Waals surface area (Å²) in [5.74, 6) is -0.347. The number of hydrogen-bond acceptors (Lipinski definition) is 6. The van der Waals surface area contributed by atoms with Crippen LogP contribution in [0.2, 0.25) is 0 Å². The van der Waals surface area contributed by atoms with Gasteiger partial charge in [-0.15, -0.1) is 0 Å². The molecule has 0 radical (unpaired) electrons. The van der Waals surface area contributed by atoms with Gasteiger partial charge in [0.15, 0.2) is 4.86 Å². The Labute approximate surface area is 95.4 Å². The minimum absolute atomic E-state index is 0.0617. The van der Waals surface area contributed by atoms with Crippen molar-refractivity contribution < 1.29 is 17.9 Å². The van der Waals surface area contributed by atoms with E-state index in [4.69, 9.17) is 4.74 Å². The maximum atomic E-state index is 11.1. The van der Waals surface area contributed by atoms with Crippen LogP contribution in [0.4, 0.5) is 0 Å². The smallest absolute Gasteiger partial charge is 0.349 e. The van der Waals surface area contributed by atoms with Crippen molar-refractivity contribution in [2.24, 2.45) is 0 Å². The molecule has 0 aromatic rings. The average molecular weight is 256 g/mol. The van der Waals surface area contributed by atoms with Gasteiger partial charge in [0.1, 0.15) is 6.61 Å². The van der Waals surface area contributed by atoms with Gasteiger partial charge in [-0.05, 0) is 6.42 Å². The molecule has 1 unspecified atom stereocenters. The first kappa shape index (κ1) is 13.9. The summed E-state index contributed by atoms with van der Waals surface area (Å²) in [4.78, 5) is 10.9. The molecule has 4 nitrogen and oxygen atoms in total. The van der Waals surface area contributed by atoms with Crippen molar-refractivity contribution in [1.82, 2.24) is 0 Å². The third-order valence-electron chi connectivity index (χ3n) is 1.37. The topological polar surface area (TPSA) is 60.4 Å². The molecule has 0 aliphatic carbocycles. The maximum absolute atomic E-state index is 11.1. The lowest BCUT2D eigenvalue weighted by Crippen LogP contribution is -2.22. The number of carbonyl (C=O) groups is 1. The van der Waals surface area contributed by atoms with Crippen LogP contribution in [-0.2, 0) is 19.8 Å². The average Bonchev–Trinajstić information content (AvgIpc) is 2.14. The van der Waals surface area contributed by atoms with Crippen LogP contribution < -0.4 is 0 Å². The molecule has 7 heteroatoms. The van der Waals surface area contributed by atoms with Crippen molar-refractivity contribution in [2.45, 2.75) is 18.6 Å². The summed E-state index contributed by atoms with van der Waals surface area (Å²) in [6.45, 7) is 1.63. The molecule has 0 spiro atoms. The Morgan fingerprint density at radius 3 is 2.43 bits per heavy atom. The van der Waals surface area contributed by atoms with Crippen LogP contribution in [-0.4, -0.2) is 36.9 Å². The maximum Gasteiger partial charge on any atom is 0.349 e. The van der Waals surface area contributed by atoms with E-state index in [-0.39, 0.29) is 23.1 Å². The Morgan fingerprint density at radius 2 is 2.07 bits per heavy atom. The molecular formula is C7H12O4S3. The monoisotopic (exact) mass is 256 g/mol. The summed E-state index contributed by atoms with van der Waals surface area (Å²) in [6, 6.07) is 0. The first-order chi connectivity index (χ1) is 6.52. The van der Waals surface area contributed by atoms with Gasteiger partial charge in [0.2, 0.25) is 10.3 Å². The molecule has 0 aliphatic heterocycles. The number of carbonyl (C=O) groups excluding carboxylic acids is 1. The zero-order valence-electron chi connectivity index (χ0n) is 7.63. The number of ether oxygens (including phenoxy) is 1. The van der Waals surface area contributed by atoms with Crippen molar-refractivity contribution in [3.05, 3.63) is 0 Å². The predicted octanol–water partition coefficient (Wildman–Crippen LogP) is 0.219. The second-order valence-electron chi connectivity index (χ2n) is 2.45. The second kappa shape index (κ2) is 7.19. The molecule has 0 bridgehead atoms. The molecule has 0 N–H and O–H groups in total. The van der Waals surface area contributed by atoms with Crippen LogP contribution in [0, 0.1) is 0 Å². The Kier molecular flexibility index (Phi) is 7.12.